The van der Waals surface area contributed by atoms with E-state index in [1.54, 1.807) is 34.2 Å². The van der Waals surface area contributed by atoms with E-state index in [1.165, 1.54) is 0 Å². The quantitative estimate of drug-likeness (QED) is 0.191. The molecule has 0 bridgehead atoms. The van der Waals surface area contributed by atoms with E-state index in [4.69, 9.17) is 4.98 Å². The van der Waals surface area contributed by atoms with E-state index in [9.17, 15) is 24.4 Å². The van der Waals surface area contributed by atoms with Gasteiger partial charge in [0.25, 0.3) is 11.8 Å². The summed E-state index contributed by atoms with van der Waals surface area (Å²) in [5.41, 5.74) is 6.35. The highest BCUT2D eigenvalue weighted by atomic mass is 32.1. The highest BCUT2D eigenvalue weighted by molar-refractivity contribution is 7.18. The molecule has 4 saturated heterocycles. The summed E-state index contributed by atoms with van der Waals surface area (Å²) in [6.07, 6.45) is 7.03. The largest absolute Gasteiger partial charge is 0.382 e. The number of rotatable bonds is 10. The Hall–Kier alpha value is -6.29. The minimum absolute atomic E-state index is 0.0997. The van der Waals surface area contributed by atoms with Crippen molar-refractivity contribution in [2.45, 2.75) is 64.1 Å². The molecule has 17 nitrogen and oxygen atoms in total. The van der Waals surface area contributed by atoms with Crippen molar-refractivity contribution in [1.29, 1.82) is 5.26 Å². The van der Waals surface area contributed by atoms with Gasteiger partial charge in [-0.1, -0.05) is 11.3 Å². The lowest BCUT2D eigenvalue weighted by atomic mass is 10.00. The van der Waals surface area contributed by atoms with Crippen LogP contribution in [0.4, 0.5) is 16.5 Å². The van der Waals surface area contributed by atoms with Crippen LogP contribution in [0.15, 0.2) is 54.9 Å². The van der Waals surface area contributed by atoms with Gasteiger partial charge in [-0.2, -0.15) is 10.4 Å². The molecule has 0 saturated carbocycles. The van der Waals surface area contributed by atoms with Crippen molar-refractivity contribution in [2.24, 2.45) is 5.92 Å². The monoisotopic (exact) mass is 867 g/mol. The topological polar surface area (TPSA) is 188 Å². The Labute approximate surface area is 368 Å². The van der Waals surface area contributed by atoms with Crippen molar-refractivity contribution >= 4 is 57.0 Å². The van der Waals surface area contributed by atoms with Crippen LogP contribution in [0.1, 0.15) is 72.2 Å². The van der Waals surface area contributed by atoms with Crippen LogP contribution in [-0.2, 0) is 9.59 Å². The fourth-order valence-electron chi connectivity index (χ4n) is 9.89. The molecule has 10 rings (SSSR count). The summed E-state index contributed by atoms with van der Waals surface area (Å²) in [4.78, 5) is 66.5. The first-order valence-corrected chi connectivity index (χ1v) is 22.7. The summed E-state index contributed by atoms with van der Waals surface area (Å²) in [6, 6.07) is 15.1. The average Bonchev–Trinajstić information content (AvgIpc) is 4.11. The number of anilines is 3. The van der Waals surface area contributed by atoms with Crippen molar-refractivity contribution < 1.29 is 19.2 Å². The summed E-state index contributed by atoms with van der Waals surface area (Å²) in [5, 5.41) is 30.7. The van der Waals surface area contributed by atoms with Gasteiger partial charge in [-0.15, -0.1) is 10.2 Å². The lowest BCUT2D eigenvalue weighted by molar-refractivity contribution is -0.136. The van der Waals surface area contributed by atoms with Crippen LogP contribution in [-0.4, -0.2) is 140 Å². The first-order chi connectivity index (χ1) is 30.6. The molecule has 4 fully saturated rings. The number of pyridine rings is 1. The molecule has 9 heterocycles. The first-order valence-electron chi connectivity index (χ1n) is 21.9. The SMILES string of the molecule is CC(C)Nc1cc(-c2ccc3cc(C#N)cnn23)ncc1-c1nnc(N2CCN(C3CCN(C[C@H]4CCN(c5ccc6c(c5)C(=O)N(C5CCC(=O)NC5=O)C6=O)C4)CC3)CC2)s1. The number of carbonyl (C=O) groups excluding carboxylic acids is 4. The number of likely N-dealkylation sites (tertiary alicyclic amines) is 1. The van der Waals surface area contributed by atoms with E-state index >= 15 is 0 Å². The Kier molecular flexibility index (Phi) is 10.9. The van der Waals surface area contributed by atoms with Gasteiger partial charge < -0.3 is 20.0 Å². The van der Waals surface area contributed by atoms with Gasteiger partial charge in [-0.3, -0.25) is 39.3 Å². The average molecular weight is 868 g/mol. The van der Waals surface area contributed by atoms with Crippen LogP contribution in [0, 0.1) is 17.2 Å². The summed E-state index contributed by atoms with van der Waals surface area (Å²) in [5.74, 6) is -1.41. The van der Waals surface area contributed by atoms with Crippen LogP contribution in [0.5, 0.6) is 0 Å². The Morgan fingerprint density at radius 2 is 1.67 bits per heavy atom. The van der Waals surface area contributed by atoms with Crippen molar-refractivity contribution in [3.05, 3.63) is 71.5 Å². The Balaban J connectivity index is 0.708. The molecule has 63 heavy (non-hydrogen) atoms. The van der Waals surface area contributed by atoms with Crippen LogP contribution in [0.2, 0.25) is 0 Å². The van der Waals surface area contributed by atoms with E-state index < -0.39 is 23.8 Å². The molecule has 0 aliphatic carbocycles. The third-order valence-corrected chi connectivity index (χ3v) is 14.2. The highest BCUT2D eigenvalue weighted by Crippen LogP contribution is 2.37. The molecular formula is C45H49N13O4S. The Morgan fingerprint density at radius 3 is 2.44 bits per heavy atom. The van der Waals surface area contributed by atoms with E-state index in [0.29, 0.717) is 28.7 Å². The number of piperidine rings is 2. The number of hydrogen-bond donors (Lipinski definition) is 2. The molecular weight excluding hydrogens is 819 g/mol. The Bertz CT molecular complexity index is 2660. The number of aromatic nitrogens is 5. The Morgan fingerprint density at radius 1 is 0.857 bits per heavy atom. The molecule has 5 aromatic rings. The predicted molar refractivity (Wildman–Crippen MR) is 237 cm³/mol. The molecule has 4 aromatic heterocycles. The lowest BCUT2D eigenvalue weighted by Gasteiger charge is -2.43. The molecule has 5 aliphatic heterocycles. The second kappa shape index (κ2) is 16.8. The molecule has 324 valence electrons. The number of imide groups is 2. The summed E-state index contributed by atoms with van der Waals surface area (Å²) in [6.45, 7) is 13.0. The third-order valence-electron chi connectivity index (χ3n) is 13.1. The minimum Gasteiger partial charge on any atom is -0.382 e. The number of hydrogen-bond acceptors (Lipinski definition) is 15. The van der Waals surface area contributed by atoms with Gasteiger partial charge >= 0.3 is 0 Å². The molecule has 4 amide bonds. The fourth-order valence-corrected chi connectivity index (χ4v) is 10.8. The molecule has 1 unspecified atom stereocenters. The third kappa shape index (κ3) is 7.89. The first kappa shape index (κ1) is 40.8. The van der Waals surface area contributed by atoms with Gasteiger partial charge in [0.05, 0.1) is 45.4 Å². The molecule has 18 heteroatoms. The van der Waals surface area contributed by atoms with E-state index in [-0.39, 0.29) is 24.8 Å². The van der Waals surface area contributed by atoms with Gasteiger partial charge in [-0.05, 0) is 101 Å². The summed E-state index contributed by atoms with van der Waals surface area (Å²) >= 11 is 1.60. The lowest BCUT2D eigenvalue weighted by Crippen LogP contribution is -2.54. The van der Waals surface area contributed by atoms with Gasteiger partial charge in [0.15, 0.2) is 5.01 Å². The van der Waals surface area contributed by atoms with Crippen LogP contribution >= 0.6 is 11.3 Å². The maximum Gasteiger partial charge on any atom is 0.262 e. The minimum atomic E-state index is -0.964. The van der Waals surface area contributed by atoms with E-state index in [0.717, 1.165) is 127 Å². The molecule has 0 spiro atoms. The number of fused-ring (bicyclic) bond motifs is 2. The van der Waals surface area contributed by atoms with Crippen molar-refractivity contribution in [3.63, 3.8) is 0 Å². The number of carbonyl (C=O) groups is 4. The summed E-state index contributed by atoms with van der Waals surface area (Å²) < 4.78 is 1.80. The van der Waals surface area contributed by atoms with Crippen LogP contribution in [0.3, 0.4) is 0 Å². The fraction of sp³-hybridized carbons (Fsp3) is 0.444. The van der Waals surface area contributed by atoms with Crippen molar-refractivity contribution in [1.82, 2.24) is 44.8 Å². The second-order valence-corrected chi connectivity index (χ2v) is 18.5. The zero-order valence-corrected chi connectivity index (χ0v) is 36.2. The van der Waals surface area contributed by atoms with Gasteiger partial charge in [0, 0.05) is 81.9 Å². The van der Waals surface area contributed by atoms with Crippen LogP contribution in [0.25, 0.3) is 27.5 Å². The maximum absolute atomic E-state index is 13.4. The number of nitriles is 1. The normalized spacial score (nSPS) is 21.5. The van der Waals surface area contributed by atoms with Crippen molar-refractivity contribution in [3.8, 4) is 28.0 Å². The van der Waals surface area contributed by atoms with Gasteiger partial charge in [-0.25, -0.2) is 4.52 Å². The predicted octanol–water partition coefficient (Wildman–Crippen LogP) is 4.12. The maximum atomic E-state index is 13.4. The van der Waals surface area contributed by atoms with Crippen molar-refractivity contribution in [2.75, 3.05) is 74.0 Å². The van der Waals surface area contributed by atoms with Gasteiger partial charge in [0.1, 0.15) is 12.1 Å². The zero-order valence-electron chi connectivity index (χ0n) is 35.4. The summed E-state index contributed by atoms with van der Waals surface area (Å²) in [7, 11) is 0. The standard InChI is InChI=1S/C45H49N13O4S/c1-27(2)49-36-21-37(38-6-4-32-19-29(22-46)23-48-58(32)38)47-24-35(36)42-51-52-45(63-42)55-17-15-54(16-18-55)30-10-12-53(13-11-30)25-28-9-14-56(26-28)31-3-5-33-34(20-31)44(62)57(43(33)61)39-7-8-40(59)50-41(39)60/h3-6,19-21,23-24,27-28,30,39H,7-18,25-26H2,1-2H3,(H,47,49)(H,50,59,60)/t28-,39?/m1/s1. The molecule has 5 aliphatic rings. The zero-order chi connectivity index (χ0) is 43.4. The molecule has 2 atom stereocenters. The second-order valence-electron chi connectivity index (χ2n) is 17.5. The smallest absolute Gasteiger partial charge is 0.262 e. The number of piperazine rings is 1. The molecule has 1 aromatic carbocycles. The molecule has 2 N–H and O–H groups in total. The highest BCUT2D eigenvalue weighted by Gasteiger charge is 2.45. The molecule has 0 radical (unpaired) electrons. The number of benzene rings is 1. The van der Waals surface area contributed by atoms with E-state index in [1.807, 2.05) is 36.5 Å². The van der Waals surface area contributed by atoms with Gasteiger partial charge in [0.2, 0.25) is 16.9 Å². The number of nitrogens with one attached hydrogen (secondary N) is 2. The van der Waals surface area contributed by atoms with Crippen LogP contribution < -0.4 is 20.4 Å². The number of amides is 4. The van der Waals surface area contributed by atoms with E-state index in [2.05, 4.69) is 65.4 Å². The number of nitrogens with zero attached hydrogens (tertiary/aromatic N) is 11.